The molecule has 15 heavy (non-hydrogen) atoms. The van der Waals surface area contributed by atoms with E-state index < -0.39 is 0 Å². The van der Waals surface area contributed by atoms with Gasteiger partial charge in [0.25, 0.3) is 0 Å². The second kappa shape index (κ2) is 4.77. The molecule has 2 heteroatoms. The number of benzene rings is 1. The molecule has 2 nitrogen and oxygen atoms in total. The van der Waals surface area contributed by atoms with E-state index in [4.69, 9.17) is 5.73 Å². The molecule has 0 saturated carbocycles. The van der Waals surface area contributed by atoms with Crippen LogP contribution in [0.4, 0.5) is 0 Å². The van der Waals surface area contributed by atoms with Crippen molar-refractivity contribution in [3.05, 3.63) is 35.9 Å². The van der Waals surface area contributed by atoms with Crippen LogP contribution in [0.5, 0.6) is 0 Å². The van der Waals surface area contributed by atoms with Crippen molar-refractivity contribution in [1.29, 1.82) is 0 Å². The molecule has 0 radical (unpaired) electrons. The lowest BCUT2D eigenvalue weighted by atomic mass is 10.0. The van der Waals surface area contributed by atoms with Crippen LogP contribution in [0.3, 0.4) is 0 Å². The highest BCUT2D eigenvalue weighted by molar-refractivity contribution is 5.19. The highest BCUT2D eigenvalue weighted by Gasteiger charge is 2.20. The van der Waals surface area contributed by atoms with Crippen molar-refractivity contribution in [2.45, 2.75) is 25.3 Å². The van der Waals surface area contributed by atoms with E-state index in [1.54, 1.807) is 0 Å². The average Bonchev–Trinajstić information content (AvgIpc) is 2.65. The van der Waals surface area contributed by atoms with Crippen LogP contribution in [0.1, 0.15) is 24.8 Å². The summed E-state index contributed by atoms with van der Waals surface area (Å²) in [5, 5.41) is 0. The van der Waals surface area contributed by atoms with Crippen molar-refractivity contribution in [2.75, 3.05) is 19.6 Å². The zero-order valence-corrected chi connectivity index (χ0v) is 9.39. The second-order valence-corrected chi connectivity index (χ2v) is 4.62. The van der Waals surface area contributed by atoms with Crippen LogP contribution in [0.15, 0.2) is 30.3 Å². The standard InChI is InChI=1S/C13H20N2/c1-11(12-5-3-2-4-6-12)9-15-8-7-13(14)10-15/h2-6,11,13H,7-10,14H2,1H3/t11-,13+/m0/s1. The molecule has 1 aromatic rings. The Bertz CT molecular complexity index is 297. The maximum absolute atomic E-state index is 5.90. The molecule has 0 bridgehead atoms. The predicted molar refractivity (Wildman–Crippen MR) is 63.9 cm³/mol. The molecule has 2 rings (SSSR count). The normalized spacial score (nSPS) is 24.3. The van der Waals surface area contributed by atoms with E-state index in [9.17, 15) is 0 Å². The summed E-state index contributed by atoms with van der Waals surface area (Å²) in [4.78, 5) is 2.47. The lowest BCUT2D eigenvalue weighted by molar-refractivity contribution is 0.317. The largest absolute Gasteiger partial charge is 0.326 e. The summed E-state index contributed by atoms with van der Waals surface area (Å²) >= 11 is 0. The molecule has 0 unspecified atom stereocenters. The lowest BCUT2D eigenvalue weighted by Gasteiger charge is -2.20. The van der Waals surface area contributed by atoms with Gasteiger partial charge < -0.3 is 10.6 Å². The van der Waals surface area contributed by atoms with Crippen molar-refractivity contribution in [2.24, 2.45) is 5.73 Å². The van der Waals surface area contributed by atoms with Crippen LogP contribution < -0.4 is 5.73 Å². The van der Waals surface area contributed by atoms with Gasteiger partial charge in [0.1, 0.15) is 0 Å². The molecule has 1 heterocycles. The number of rotatable bonds is 3. The van der Waals surface area contributed by atoms with E-state index >= 15 is 0 Å². The van der Waals surface area contributed by atoms with Crippen LogP contribution in [0.2, 0.25) is 0 Å². The summed E-state index contributed by atoms with van der Waals surface area (Å²) in [6.07, 6.45) is 1.15. The van der Waals surface area contributed by atoms with Gasteiger partial charge in [-0.05, 0) is 24.4 Å². The summed E-state index contributed by atoms with van der Waals surface area (Å²) in [6.45, 7) is 5.66. The van der Waals surface area contributed by atoms with Gasteiger partial charge in [-0.1, -0.05) is 37.3 Å². The van der Waals surface area contributed by atoms with Crippen molar-refractivity contribution >= 4 is 0 Å². The maximum Gasteiger partial charge on any atom is 0.0180 e. The molecular formula is C13H20N2. The number of nitrogens with zero attached hydrogens (tertiary/aromatic N) is 1. The molecule has 1 fully saturated rings. The van der Waals surface area contributed by atoms with Gasteiger partial charge in [-0.3, -0.25) is 0 Å². The van der Waals surface area contributed by atoms with E-state index in [-0.39, 0.29) is 0 Å². The van der Waals surface area contributed by atoms with Gasteiger partial charge in [-0.15, -0.1) is 0 Å². The fourth-order valence-electron chi connectivity index (χ4n) is 2.30. The molecule has 0 aliphatic carbocycles. The fraction of sp³-hybridized carbons (Fsp3) is 0.538. The summed E-state index contributed by atoms with van der Waals surface area (Å²) in [5.74, 6) is 0.608. The minimum absolute atomic E-state index is 0.396. The Hall–Kier alpha value is -0.860. The number of nitrogens with two attached hydrogens (primary N) is 1. The van der Waals surface area contributed by atoms with Crippen molar-refractivity contribution < 1.29 is 0 Å². The Morgan fingerprint density at radius 1 is 1.40 bits per heavy atom. The summed E-state index contributed by atoms with van der Waals surface area (Å²) < 4.78 is 0. The fourth-order valence-corrected chi connectivity index (χ4v) is 2.30. The Labute approximate surface area is 92.1 Å². The smallest absolute Gasteiger partial charge is 0.0180 e. The Morgan fingerprint density at radius 3 is 2.73 bits per heavy atom. The van der Waals surface area contributed by atoms with Crippen LogP contribution >= 0.6 is 0 Å². The minimum Gasteiger partial charge on any atom is -0.326 e. The summed E-state index contributed by atoms with van der Waals surface area (Å²) in [5.41, 5.74) is 7.33. The number of likely N-dealkylation sites (tertiary alicyclic amines) is 1. The molecule has 82 valence electrons. The first-order valence-electron chi connectivity index (χ1n) is 5.78. The van der Waals surface area contributed by atoms with E-state index in [2.05, 4.69) is 42.2 Å². The first kappa shape index (κ1) is 10.7. The molecule has 2 N–H and O–H groups in total. The molecule has 2 atom stereocenters. The lowest BCUT2D eigenvalue weighted by Crippen LogP contribution is -2.29. The summed E-state index contributed by atoms with van der Waals surface area (Å²) in [7, 11) is 0. The molecular weight excluding hydrogens is 184 g/mol. The molecule has 1 aromatic carbocycles. The quantitative estimate of drug-likeness (QED) is 0.814. The number of hydrogen-bond acceptors (Lipinski definition) is 2. The van der Waals surface area contributed by atoms with Crippen LogP contribution in [0.25, 0.3) is 0 Å². The third-order valence-corrected chi connectivity index (χ3v) is 3.21. The highest BCUT2D eigenvalue weighted by Crippen LogP contribution is 2.18. The Morgan fingerprint density at radius 2 is 2.13 bits per heavy atom. The van der Waals surface area contributed by atoms with Gasteiger partial charge in [0, 0.05) is 19.1 Å². The molecule has 1 aliphatic heterocycles. The Kier molecular flexibility index (Phi) is 3.39. The monoisotopic (exact) mass is 204 g/mol. The van der Waals surface area contributed by atoms with Crippen molar-refractivity contribution in [1.82, 2.24) is 4.90 Å². The summed E-state index contributed by atoms with van der Waals surface area (Å²) in [6, 6.07) is 11.1. The molecule has 1 aliphatic rings. The van der Waals surface area contributed by atoms with Gasteiger partial charge >= 0.3 is 0 Å². The topological polar surface area (TPSA) is 29.3 Å². The van der Waals surface area contributed by atoms with Gasteiger partial charge in [0.05, 0.1) is 0 Å². The molecule has 0 aromatic heterocycles. The molecule has 1 saturated heterocycles. The van der Waals surface area contributed by atoms with Gasteiger partial charge in [0.15, 0.2) is 0 Å². The van der Waals surface area contributed by atoms with Crippen molar-refractivity contribution in [3.63, 3.8) is 0 Å². The highest BCUT2D eigenvalue weighted by atomic mass is 15.2. The average molecular weight is 204 g/mol. The zero-order chi connectivity index (χ0) is 10.7. The van der Waals surface area contributed by atoms with Crippen LogP contribution in [0, 0.1) is 0 Å². The SMILES string of the molecule is C[C@@H](CN1CC[C@@H](N)C1)c1ccccc1. The van der Waals surface area contributed by atoms with Crippen LogP contribution in [-0.2, 0) is 0 Å². The Balaban J connectivity index is 1.90. The minimum atomic E-state index is 0.396. The molecule has 0 amide bonds. The van der Waals surface area contributed by atoms with E-state index in [1.807, 2.05) is 0 Å². The van der Waals surface area contributed by atoms with E-state index in [1.165, 1.54) is 12.1 Å². The van der Waals surface area contributed by atoms with Crippen molar-refractivity contribution in [3.8, 4) is 0 Å². The van der Waals surface area contributed by atoms with Gasteiger partial charge in [-0.2, -0.15) is 0 Å². The van der Waals surface area contributed by atoms with E-state index in [0.717, 1.165) is 19.5 Å². The van der Waals surface area contributed by atoms with Crippen LogP contribution in [-0.4, -0.2) is 30.6 Å². The maximum atomic E-state index is 5.90. The van der Waals surface area contributed by atoms with Gasteiger partial charge in [-0.25, -0.2) is 0 Å². The first-order chi connectivity index (χ1) is 7.25. The first-order valence-corrected chi connectivity index (χ1v) is 5.78. The second-order valence-electron chi connectivity index (χ2n) is 4.62. The van der Waals surface area contributed by atoms with Gasteiger partial charge in [0.2, 0.25) is 0 Å². The third kappa shape index (κ3) is 2.80. The third-order valence-electron chi connectivity index (χ3n) is 3.21. The predicted octanol–water partition coefficient (Wildman–Crippen LogP) is 1.82. The zero-order valence-electron chi connectivity index (χ0n) is 9.39. The molecule has 0 spiro atoms. The number of hydrogen-bond donors (Lipinski definition) is 1. The van der Waals surface area contributed by atoms with E-state index in [0.29, 0.717) is 12.0 Å².